The standard InChI is InChI=1S/C14H26N2O/c1-2-12(10-11-15)8-9-14(17)16-13-6-4-3-5-7-13/h3-4,12-13H,2,5-11,15H2,1H3,(H,16,17). The number of hydrogen-bond donors (Lipinski definition) is 2. The van der Waals surface area contributed by atoms with Crippen LogP contribution in [0.2, 0.25) is 0 Å². The molecule has 0 aromatic heterocycles. The SMILES string of the molecule is CCC(CCN)CCC(=O)NC1CC=CCC1. The summed E-state index contributed by atoms with van der Waals surface area (Å²) < 4.78 is 0. The molecule has 0 aliphatic heterocycles. The number of nitrogens with two attached hydrogens (primary N) is 1. The summed E-state index contributed by atoms with van der Waals surface area (Å²) in [6.07, 6.45) is 11.3. The molecule has 98 valence electrons. The highest BCUT2D eigenvalue weighted by Gasteiger charge is 2.14. The Hall–Kier alpha value is -0.830. The van der Waals surface area contributed by atoms with Crippen molar-refractivity contribution in [2.75, 3.05) is 6.54 Å². The summed E-state index contributed by atoms with van der Waals surface area (Å²) in [4.78, 5) is 11.8. The number of amides is 1. The largest absolute Gasteiger partial charge is 0.353 e. The van der Waals surface area contributed by atoms with E-state index in [9.17, 15) is 4.79 Å². The normalized spacial score (nSPS) is 21.2. The van der Waals surface area contributed by atoms with Gasteiger partial charge in [0.1, 0.15) is 0 Å². The van der Waals surface area contributed by atoms with Gasteiger partial charge in [0.25, 0.3) is 0 Å². The van der Waals surface area contributed by atoms with Crippen molar-refractivity contribution in [1.29, 1.82) is 0 Å². The maximum Gasteiger partial charge on any atom is 0.220 e. The molecule has 0 saturated heterocycles. The smallest absolute Gasteiger partial charge is 0.220 e. The summed E-state index contributed by atoms with van der Waals surface area (Å²) in [5.74, 6) is 0.817. The molecular formula is C14H26N2O. The van der Waals surface area contributed by atoms with E-state index in [2.05, 4.69) is 24.4 Å². The molecule has 0 spiro atoms. The van der Waals surface area contributed by atoms with Gasteiger partial charge in [0.05, 0.1) is 0 Å². The van der Waals surface area contributed by atoms with Crippen molar-refractivity contribution in [3.8, 4) is 0 Å². The average Bonchev–Trinajstić information content (AvgIpc) is 2.35. The highest BCUT2D eigenvalue weighted by atomic mass is 16.1. The second kappa shape index (κ2) is 8.29. The Labute approximate surface area is 105 Å². The van der Waals surface area contributed by atoms with Crippen molar-refractivity contribution in [3.05, 3.63) is 12.2 Å². The van der Waals surface area contributed by atoms with Crippen LogP contribution in [0, 0.1) is 5.92 Å². The molecule has 0 radical (unpaired) electrons. The summed E-state index contributed by atoms with van der Waals surface area (Å²) in [7, 11) is 0. The molecular weight excluding hydrogens is 212 g/mol. The van der Waals surface area contributed by atoms with Crippen LogP contribution >= 0.6 is 0 Å². The van der Waals surface area contributed by atoms with Crippen molar-refractivity contribution in [2.24, 2.45) is 11.7 Å². The van der Waals surface area contributed by atoms with Crippen molar-refractivity contribution >= 4 is 5.91 Å². The van der Waals surface area contributed by atoms with Crippen LogP contribution < -0.4 is 11.1 Å². The fourth-order valence-electron chi connectivity index (χ4n) is 2.35. The van der Waals surface area contributed by atoms with Crippen LogP contribution in [-0.2, 0) is 4.79 Å². The van der Waals surface area contributed by atoms with Crippen LogP contribution in [0.25, 0.3) is 0 Å². The van der Waals surface area contributed by atoms with Crippen LogP contribution in [0.5, 0.6) is 0 Å². The van der Waals surface area contributed by atoms with Gasteiger partial charge >= 0.3 is 0 Å². The van der Waals surface area contributed by atoms with Gasteiger partial charge in [0.15, 0.2) is 0 Å². The van der Waals surface area contributed by atoms with Gasteiger partial charge in [-0.25, -0.2) is 0 Å². The van der Waals surface area contributed by atoms with Gasteiger partial charge in [-0.05, 0) is 44.6 Å². The number of hydrogen-bond acceptors (Lipinski definition) is 2. The molecule has 2 atom stereocenters. The van der Waals surface area contributed by atoms with Crippen molar-refractivity contribution in [3.63, 3.8) is 0 Å². The van der Waals surface area contributed by atoms with Gasteiger partial charge in [0.2, 0.25) is 5.91 Å². The lowest BCUT2D eigenvalue weighted by atomic mass is 9.96. The Bertz CT molecular complexity index is 251. The van der Waals surface area contributed by atoms with Crippen molar-refractivity contribution in [1.82, 2.24) is 5.32 Å². The van der Waals surface area contributed by atoms with Crippen LogP contribution in [-0.4, -0.2) is 18.5 Å². The highest BCUT2D eigenvalue weighted by Crippen LogP contribution is 2.15. The summed E-state index contributed by atoms with van der Waals surface area (Å²) >= 11 is 0. The Kier molecular flexibility index (Phi) is 6.94. The minimum Gasteiger partial charge on any atom is -0.353 e. The fourth-order valence-corrected chi connectivity index (χ4v) is 2.35. The molecule has 3 nitrogen and oxygen atoms in total. The zero-order valence-electron chi connectivity index (χ0n) is 11.0. The predicted octanol–water partition coefficient (Wildman–Crippen LogP) is 2.37. The van der Waals surface area contributed by atoms with Gasteiger partial charge < -0.3 is 11.1 Å². The molecule has 1 rings (SSSR count). The first-order valence-electron chi connectivity index (χ1n) is 6.90. The molecule has 2 unspecified atom stereocenters. The van der Waals surface area contributed by atoms with E-state index in [0.29, 0.717) is 18.4 Å². The molecule has 1 aliphatic carbocycles. The number of nitrogens with one attached hydrogen (secondary N) is 1. The van der Waals surface area contributed by atoms with Gasteiger partial charge in [-0.2, -0.15) is 0 Å². The molecule has 0 bridgehead atoms. The molecule has 0 aromatic carbocycles. The number of allylic oxidation sites excluding steroid dienone is 1. The molecule has 0 saturated carbocycles. The lowest BCUT2D eigenvalue weighted by Gasteiger charge is -2.20. The molecule has 0 fully saturated rings. The third-order valence-corrected chi connectivity index (χ3v) is 3.57. The van der Waals surface area contributed by atoms with Gasteiger partial charge in [0, 0.05) is 12.5 Å². The Morgan fingerprint density at radius 1 is 1.47 bits per heavy atom. The lowest BCUT2D eigenvalue weighted by molar-refractivity contribution is -0.122. The number of carbonyl (C=O) groups excluding carboxylic acids is 1. The van der Waals surface area contributed by atoms with E-state index in [1.807, 2.05) is 0 Å². The molecule has 3 N–H and O–H groups in total. The van der Waals surface area contributed by atoms with E-state index < -0.39 is 0 Å². The van der Waals surface area contributed by atoms with Crippen LogP contribution in [0.3, 0.4) is 0 Å². The van der Waals surface area contributed by atoms with Crippen molar-refractivity contribution < 1.29 is 4.79 Å². The average molecular weight is 238 g/mol. The maximum absolute atomic E-state index is 11.8. The van der Waals surface area contributed by atoms with E-state index in [1.165, 1.54) is 0 Å². The molecule has 17 heavy (non-hydrogen) atoms. The van der Waals surface area contributed by atoms with E-state index in [1.54, 1.807) is 0 Å². The Morgan fingerprint density at radius 3 is 2.88 bits per heavy atom. The minimum atomic E-state index is 0.209. The number of rotatable bonds is 7. The van der Waals surface area contributed by atoms with Gasteiger partial charge in [-0.3, -0.25) is 4.79 Å². The van der Waals surface area contributed by atoms with E-state index >= 15 is 0 Å². The van der Waals surface area contributed by atoms with E-state index in [-0.39, 0.29) is 5.91 Å². The number of carbonyl (C=O) groups is 1. The molecule has 1 amide bonds. The third-order valence-electron chi connectivity index (χ3n) is 3.57. The quantitative estimate of drug-likeness (QED) is 0.669. The lowest BCUT2D eigenvalue weighted by Crippen LogP contribution is -2.35. The molecule has 0 aromatic rings. The first kappa shape index (κ1) is 14.2. The molecule has 0 heterocycles. The van der Waals surface area contributed by atoms with Crippen molar-refractivity contribution in [2.45, 2.75) is 57.9 Å². The zero-order valence-corrected chi connectivity index (χ0v) is 11.0. The Balaban J connectivity index is 2.17. The van der Waals surface area contributed by atoms with E-state index in [0.717, 1.165) is 45.1 Å². The Morgan fingerprint density at radius 2 is 2.29 bits per heavy atom. The second-order valence-electron chi connectivity index (χ2n) is 4.94. The van der Waals surface area contributed by atoms with Crippen LogP contribution in [0.15, 0.2) is 12.2 Å². The predicted molar refractivity (Wildman–Crippen MR) is 71.6 cm³/mol. The third kappa shape index (κ3) is 5.87. The zero-order chi connectivity index (χ0) is 12.5. The summed E-state index contributed by atoms with van der Waals surface area (Å²) in [5.41, 5.74) is 5.55. The monoisotopic (exact) mass is 238 g/mol. The van der Waals surface area contributed by atoms with E-state index in [4.69, 9.17) is 5.73 Å². The highest BCUT2D eigenvalue weighted by molar-refractivity contribution is 5.76. The summed E-state index contributed by atoms with van der Waals surface area (Å²) in [5, 5.41) is 3.12. The van der Waals surface area contributed by atoms with Crippen LogP contribution in [0.1, 0.15) is 51.9 Å². The summed E-state index contributed by atoms with van der Waals surface area (Å²) in [6, 6.07) is 0.363. The molecule has 1 aliphatic rings. The van der Waals surface area contributed by atoms with Gasteiger partial charge in [-0.1, -0.05) is 25.5 Å². The second-order valence-corrected chi connectivity index (χ2v) is 4.94. The fraction of sp³-hybridized carbons (Fsp3) is 0.786. The maximum atomic E-state index is 11.8. The minimum absolute atomic E-state index is 0.209. The topological polar surface area (TPSA) is 55.1 Å². The summed E-state index contributed by atoms with van der Waals surface area (Å²) in [6.45, 7) is 2.90. The molecule has 3 heteroatoms. The van der Waals surface area contributed by atoms with Crippen LogP contribution in [0.4, 0.5) is 0 Å². The van der Waals surface area contributed by atoms with Gasteiger partial charge in [-0.15, -0.1) is 0 Å². The first-order valence-corrected chi connectivity index (χ1v) is 6.90. The first-order chi connectivity index (χ1) is 8.26.